The van der Waals surface area contributed by atoms with E-state index in [0.29, 0.717) is 39.6 Å². The Hall–Kier alpha value is -1.01. The van der Waals surface area contributed by atoms with Crippen molar-refractivity contribution in [2.75, 3.05) is 33.5 Å². The fourth-order valence-corrected chi connectivity index (χ4v) is 1.63. The van der Waals surface area contributed by atoms with Crippen LogP contribution in [0.3, 0.4) is 0 Å². The molecule has 1 rings (SSSR count). The first-order chi connectivity index (χ1) is 9.27. The van der Waals surface area contributed by atoms with Crippen molar-refractivity contribution in [3.63, 3.8) is 0 Å². The van der Waals surface area contributed by atoms with E-state index in [1.54, 1.807) is 13.2 Å². The summed E-state index contributed by atoms with van der Waals surface area (Å²) in [5.74, 6) is -0.273. The lowest BCUT2D eigenvalue weighted by Crippen LogP contribution is -2.08. The number of ether oxygens (including phenoxy) is 3. The van der Waals surface area contributed by atoms with Gasteiger partial charge in [-0.15, -0.1) is 0 Å². The summed E-state index contributed by atoms with van der Waals surface area (Å²) in [4.78, 5) is 0. The zero-order valence-electron chi connectivity index (χ0n) is 11.4. The molecule has 4 nitrogen and oxygen atoms in total. The van der Waals surface area contributed by atoms with Gasteiger partial charge < -0.3 is 19.9 Å². The number of halogens is 1. The highest BCUT2D eigenvalue weighted by molar-refractivity contribution is 5.27. The van der Waals surface area contributed by atoms with Crippen LogP contribution in [0.2, 0.25) is 0 Å². The molecule has 0 heterocycles. The molecule has 19 heavy (non-hydrogen) atoms. The number of rotatable bonds is 10. The number of hydrogen-bond donors (Lipinski definition) is 1. The molecule has 0 amide bonds. The topological polar surface area (TPSA) is 53.7 Å². The minimum absolute atomic E-state index is 0.273. The van der Waals surface area contributed by atoms with Crippen LogP contribution < -0.4 is 5.73 Å². The van der Waals surface area contributed by atoms with E-state index in [1.165, 1.54) is 12.1 Å². The quantitative estimate of drug-likeness (QED) is 0.660. The van der Waals surface area contributed by atoms with Crippen LogP contribution in [0.5, 0.6) is 0 Å². The minimum Gasteiger partial charge on any atom is -0.385 e. The van der Waals surface area contributed by atoms with E-state index in [9.17, 15) is 4.39 Å². The Labute approximate surface area is 113 Å². The average Bonchev–Trinajstić information content (AvgIpc) is 2.43. The smallest absolute Gasteiger partial charge is 0.123 e. The summed E-state index contributed by atoms with van der Waals surface area (Å²) in [6.07, 6.45) is 0.881. The summed E-state index contributed by atoms with van der Waals surface area (Å²) < 4.78 is 28.7. The van der Waals surface area contributed by atoms with Crippen molar-refractivity contribution in [2.45, 2.75) is 19.6 Å². The first-order valence-electron chi connectivity index (χ1n) is 6.39. The molecule has 0 unspecified atom stereocenters. The lowest BCUT2D eigenvalue weighted by Gasteiger charge is -2.09. The van der Waals surface area contributed by atoms with Gasteiger partial charge in [0.2, 0.25) is 0 Å². The molecule has 0 bridgehead atoms. The molecule has 0 saturated carbocycles. The van der Waals surface area contributed by atoms with Crippen molar-refractivity contribution in [1.82, 2.24) is 0 Å². The molecule has 2 N–H and O–H groups in total. The summed E-state index contributed by atoms with van der Waals surface area (Å²) in [6, 6.07) is 4.57. The zero-order chi connectivity index (χ0) is 13.9. The van der Waals surface area contributed by atoms with E-state index >= 15 is 0 Å². The Morgan fingerprint density at radius 2 is 1.84 bits per heavy atom. The normalized spacial score (nSPS) is 10.9. The van der Waals surface area contributed by atoms with Gasteiger partial charge in [-0.2, -0.15) is 0 Å². The van der Waals surface area contributed by atoms with Crippen LogP contribution in [0.4, 0.5) is 4.39 Å². The van der Waals surface area contributed by atoms with E-state index < -0.39 is 0 Å². The summed E-state index contributed by atoms with van der Waals surface area (Å²) in [7, 11) is 1.67. The van der Waals surface area contributed by atoms with Crippen molar-refractivity contribution in [1.29, 1.82) is 0 Å². The van der Waals surface area contributed by atoms with Gasteiger partial charge in [-0.25, -0.2) is 4.39 Å². The van der Waals surface area contributed by atoms with Crippen molar-refractivity contribution in [3.8, 4) is 0 Å². The number of methoxy groups -OCH3 is 1. The van der Waals surface area contributed by atoms with Crippen LogP contribution in [-0.2, 0) is 27.4 Å². The van der Waals surface area contributed by atoms with Crippen LogP contribution in [0.25, 0.3) is 0 Å². The van der Waals surface area contributed by atoms with Crippen molar-refractivity contribution < 1.29 is 18.6 Å². The Morgan fingerprint density at radius 3 is 2.58 bits per heavy atom. The Balaban J connectivity index is 2.15. The van der Waals surface area contributed by atoms with Crippen LogP contribution in [0, 0.1) is 5.82 Å². The largest absolute Gasteiger partial charge is 0.385 e. The molecule has 1 aromatic carbocycles. The van der Waals surface area contributed by atoms with E-state index in [1.807, 2.05) is 0 Å². The molecule has 0 saturated heterocycles. The summed E-state index contributed by atoms with van der Waals surface area (Å²) in [6.45, 7) is 3.16. The van der Waals surface area contributed by atoms with Crippen LogP contribution >= 0.6 is 0 Å². The Bertz CT molecular complexity index is 361. The molecular formula is C14H22FNO3. The Morgan fingerprint density at radius 1 is 1.05 bits per heavy atom. The molecule has 0 fully saturated rings. The van der Waals surface area contributed by atoms with Gasteiger partial charge >= 0.3 is 0 Å². The van der Waals surface area contributed by atoms with E-state index in [0.717, 1.165) is 17.5 Å². The van der Waals surface area contributed by atoms with E-state index in [2.05, 4.69) is 0 Å². The maximum atomic E-state index is 13.0. The van der Waals surface area contributed by atoms with Gasteiger partial charge in [0, 0.05) is 26.9 Å². The first kappa shape index (κ1) is 16.0. The van der Waals surface area contributed by atoms with Crippen LogP contribution in [0.15, 0.2) is 18.2 Å². The van der Waals surface area contributed by atoms with Crippen molar-refractivity contribution >= 4 is 0 Å². The molecule has 0 atom stereocenters. The van der Waals surface area contributed by atoms with E-state index in [4.69, 9.17) is 19.9 Å². The van der Waals surface area contributed by atoms with Crippen LogP contribution in [-0.4, -0.2) is 33.5 Å². The van der Waals surface area contributed by atoms with Gasteiger partial charge in [0.1, 0.15) is 5.82 Å². The highest BCUT2D eigenvalue weighted by Crippen LogP contribution is 2.11. The third kappa shape index (κ3) is 6.63. The average molecular weight is 271 g/mol. The van der Waals surface area contributed by atoms with Gasteiger partial charge in [-0.3, -0.25) is 0 Å². The van der Waals surface area contributed by atoms with Gasteiger partial charge in [-0.05, 0) is 29.7 Å². The number of hydrogen-bond acceptors (Lipinski definition) is 4. The second kappa shape index (κ2) is 9.86. The molecular weight excluding hydrogens is 249 g/mol. The number of benzene rings is 1. The van der Waals surface area contributed by atoms with Gasteiger partial charge in [0.15, 0.2) is 0 Å². The molecule has 5 heteroatoms. The molecule has 1 aromatic rings. The van der Waals surface area contributed by atoms with Crippen molar-refractivity contribution in [2.24, 2.45) is 5.73 Å². The lowest BCUT2D eigenvalue weighted by atomic mass is 10.1. The molecule has 0 aliphatic rings. The first-order valence-corrected chi connectivity index (χ1v) is 6.39. The van der Waals surface area contributed by atoms with Gasteiger partial charge in [0.25, 0.3) is 0 Å². The van der Waals surface area contributed by atoms with E-state index in [-0.39, 0.29) is 5.82 Å². The maximum Gasteiger partial charge on any atom is 0.123 e. The second-order valence-electron chi connectivity index (χ2n) is 4.13. The predicted octanol–water partition coefficient (Wildman–Crippen LogP) is 1.85. The molecule has 108 valence electrons. The minimum atomic E-state index is -0.273. The monoisotopic (exact) mass is 271 g/mol. The summed E-state index contributed by atoms with van der Waals surface area (Å²) >= 11 is 0. The molecule has 0 aliphatic heterocycles. The SMILES string of the molecule is COCCCOCCOCc1ccc(F)cc1CN. The fraction of sp³-hybridized carbons (Fsp3) is 0.571. The molecule has 0 aliphatic carbocycles. The highest BCUT2D eigenvalue weighted by atomic mass is 19.1. The lowest BCUT2D eigenvalue weighted by molar-refractivity contribution is 0.0335. The zero-order valence-corrected chi connectivity index (χ0v) is 11.4. The fourth-order valence-electron chi connectivity index (χ4n) is 1.63. The second-order valence-corrected chi connectivity index (χ2v) is 4.13. The maximum absolute atomic E-state index is 13.0. The standard InChI is InChI=1S/C14H22FNO3/c1-17-5-2-6-18-7-8-19-11-12-3-4-14(15)9-13(12)10-16/h3-4,9H,2,5-8,10-11,16H2,1H3. The molecule has 0 radical (unpaired) electrons. The Kier molecular flexibility index (Phi) is 8.33. The van der Waals surface area contributed by atoms with Crippen molar-refractivity contribution in [3.05, 3.63) is 35.1 Å². The van der Waals surface area contributed by atoms with Gasteiger partial charge in [0.05, 0.1) is 19.8 Å². The predicted molar refractivity (Wildman–Crippen MR) is 71.3 cm³/mol. The molecule has 0 spiro atoms. The molecule has 0 aromatic heterocycles. The van der Waals surface area contributed by atoms with Gasteiger partial charge in [-0.1, -0.05) is 6.07 Å². The third-order valence-corrected chi connectivity index (χ3v) is 2.65. The highest BCUT2D eigenvalue weighted by Gasteiger charge is 2.02. The summed E-state index contributed by atoms with van der Waals surface area (Å²) in [5, 5.41) is 0. The number of nitrogens with two attached hydrogens (primary N) is 1. The third-order valence-electron chi connectivity index (χ3n) is 2.65. The van der Waals surface area contributed by atoms with Crippen LogP contribution in [0.1, 0.15) is 17.5 Å². The summed E-state index contributed by atoms with van der Waals surface area (Å²) in [5.41, 5.74) is 7.26.